The fraction of sp³-hybridized carbons (Fsp3) is 0.571. The van der Waals surface area contributed by atoms with Crippen LogP contribution in [0.3, 0.4) is 0 Å². The summed E-state index contributed by atoms with van der Waals surface area (Å²) >= 11 is 0. The van der Waals surface area contributed by atoms with Gasteiger partial charge >= 0.3 is 0 Å². The van der Waals surface area contributed by atoms with Gasteiger partial charge < -0.3 is 9.84 Å². The Morgan fingerprint density at radius 2 is 1.85 bits per heavy atom. The van der Waals surface area contributed by atoms with Crippen molar-refractivity contribution in [3.05, 3.63) is 24.3 Å². The maximum atomic E-state index is 12.2. The lowest BCUT2D eigenvalue weighted by atomic mass is 9.88. The van der Waals surface area contributed by atoms with Crippen LogP contribution >= 0.6 is 0 Å². The molecule has 0 saturated heterocycles. The van der Waals surface area contributed by atoms with Crippen LogP contribution < -0.4 is 9.46 Å². The van der Waals surface area contributed by atoms with E-state index in [0.29, 0.717) is 18.7 Å². The van der Waals surface area contributed by atoms with Gasteiger partial charge in [-0.25, -0.2) is 13.1 Å². The van der Waals surface area contributed by atoms with E-state index in [1.807, 2.05) is 13.8 Å². The predicted molar refractivity (Wildman–Crippen MR) is 78.3 cm³/mol. The number of hydrogen-bond acceptors (Lipinski definition) is 4. The highest BCUT2D eigenvalue weighted by Crippen LogP contribution is 2.22. The second-order valence-corrected chi connectivity index (χ2v) is 7.26. The Kier molecular flexibility index (Phi) is 5.98. The molecule has 0 saturated carbocycles. The van der Waals surface area contributed by atoms with E-state index in [4.69, 9.17) is 9.84 Å². The van der Waals surface area contributed by atoms with Gasteiger partial charge in [-0.3, -0.25) is 0 Å². The molecule has 0 bridgehead atoms. The van der Waals surface area contributed by atoms with Gasteiger partial charge in [0.2, 0.25) is 10.0 Å². The molecule has 0 heterocycles. The van der Waals surface area contributed by atoms with Crippen LogP contribution in [-0.2, 0) is 10.0 Å². The largest absolute Gasteiger partial charge is 0.497 e. The van der Waals surface area contributed by atoms with Gasteiger partial charge in [0.15, 0.2) is 0 Å². The van der Waals surface area contributed by atoms with Crippen molar-refractivity contribution in [1.82, 2.24) is 4.72 Å². The van der Waals surface area contributed by atoms with Gasteiger partial charge in [0.05, 0.1) is 12.0 Å². The monoisotopic (exact) mass is 301 g/mol. The quantitative estimate of drug-likeness (QED) is 0.767. The van der Waals surface area contributed by atoms with Crippen molar-refractivity contribution in [2.45, 2.75) is 31.6 Å². The van der Waals surface area contributed by atoms with Gasteiger partial charge in [-0.05, 0) is 42.5 Å². The zero-order chi connectivity index (χ0) is 15.2. The molecule has 20 heavy (non-hydrogen) atoms. The number of sulfonamides is 1. The van der Waals surface area contributed by atoms with Crippen LogP contribution in [0, 0.1) is 5.41 Å². The van der Waals surface area contributed by atoms with Gasteiger partial charge in [-0.1, -0.05) is 13.8 Å². The van der Waals surface area contributed by atoms with E-state index in [9.17, 15) is 8.42 Å². The number of ether oxygens (including phenoxy) is 1. The summed E-state index contributed by atoms with van der Waals surface area (Å²) in [5, 5.41) is 8.83. The third kappa shape index (κ3) is 5.11. The summed E-state index contributed by atoms with van der Waals surface area (Å²) < 4.78 is 31.9. The van der Waals surface area contributed by atoms with E-state index in [-0.39, 0.29) is 16.9 Å². The van der Waals surface area contributed by atoms with E-state index >= 15 is 0 Å². The summed E-state index contributed by atoms with van der Waals surface area (Å²) in [5.41, 5.74) is -0.192. The molecule has 0 atom stereocenters. The first-order valence-electron chi connectivity index (χ1n) is 6.55. The highest BCUT2D eigenvalue weighted by molar-refractivity contribution is 7.89. The van der Waals surface area contributed by atoms with Crippen molar-refractivity contribution >= 4 is 10.0 Å². The lowest BCUT2D eigenvalue weighted by molar-refractivity contribution is 0.242. The molecule has 0 fully saturated rings. The highest BCUT2D eigenvalue weighted by atomic mass is 32.2. The van der Waals surface area contributed by atoms with E-state index in [2.05, 4.69) is 4.72 Å². The topological polar surface area (TPSA) is 75.6 Å². The van der Waals surface area contributed by atoms with Crippen LogP contribution in [0.15, 0.2) is 29.2 Å². The van der Waals surface area contributed by atoms with Crippen molar-refractivity contribution in [3.8, 4) is 5.75 Å². The molecule has 0 radical (unpaired) electrons. The third-order valence-corrected chi connectivity index (χ3v) is 4.54. The van der Waals surface area contributed by atoms with Crippen LogP contribution in [0.4, 0.5) is 0 Å². The van der Waals surface area contributed by atoms with Crippen LogP contribution in [-0.4, -0.2) is 33.8 Å². The SMILES string of the molecule is COc1ccc(S(=O)(=O)NCC(C)(C)CCCO)cc1. The molecule has 114 valence electrons. The minimum Gasteiger partial charge on any atom is -0.497 e. The van der Waals surface area contributed by atoms with Crippen LogP contribution in [0.25, 0.3) is 0 Å². The Morgan fingerprint density at radius 3 is 2.35 bits per heavy atom. The van der Waals surface area contributed by atoms with E-state index < -0.39 is 10.0 Å². The molecule has 0 aromatic heterocycles. The Morgan fingerprint density at radius 1 is 1.25 bits per heavy atom. The predicted octanol–water partition coefficient (Wildman–Crippen LogP) is 1.77. The molecule has 1 aromatic carbocycles. The lowest BCUT2D eigenvalue weighted by Gasteiger charge is -2.24. The molecule has 0 amide bonds. The number of benzene rings is 1. The van der Waals surface area contributed by atoms with E-state index in [1.54, 1.807) is 12.1 Å². The molecule has 0 spiro atoms. The molecule has 0 aliphatic carbocycles. The second-order valence-electron chi connectivity index (χ2n) is 5.49. The fourth-order valence-corrected chi connectivity index (χ4v) is 3.02. The van der Waals surface area contributed by atoms with Crippen molar-refractivity contribution in [1.29, 1.82) is 0 Å². The van der Waals surface area contributed by atoms with Crippen molar-refractivity contribution in [3.63, 3.8) is 0 Å². The molecular formula is C14H23NO4S. The lowest BCUT2D eigenvalue weighted by Crippen LogP contribution is -2.34. The molecule has 5 nitrogen and oxygen atoms in total. The molecule has 6 heteroatoms. The number of nitrogens with one attached hydrogen (secondary N) is 1. The summed E-state index contributed by atoms with van der Waals surface area (Å²) in [6.45, 7) is 4.40. The van der Waals surface area contributed by atoms with Crippen molar-refractivity contribution in [2.24, 2.45) is 5.41 Å². The third-order valence-electron chi connectivity index (χ3n) is 3.12. The zero-order valence-electron chi connectivity index (χ0n) is 12.2. The average molecular weight is 301 g/mol. The Labute approximate surface area is 121 Å². The Hall–Kier alpha value is -1.11. The molecule has 0 unspecified atom stereocenters. The maximum absolute atomic E-state index is 12.2. The molecule has 2 N–H and O–H groups in total. The molecule has 0 aliphatic rings. The second kappa shape index (κ2) is 7.06. The van der Waals surface area contributed by atoms with Crippen LogP contribution in [0.1, 0.15) is 26.7 Å². The minimum absolute atomic E-state index is 0.120. The first-order valence-corrected chi connectivity index (χ1v) is 8.04. The van der Waals surface area contributed by atoms with Gasteiger partial charge in [0.25, 0.3) is 0 Å². The summed E-state index contributed by atoms with van der Waals surface area (Å²) in [7, 11) is -1.98. The number of hydrogen-bond donors (Lipinski definition) is 2. The minimum atomic E-state index is -3.51. The smallest absolute Gasteiger partial charge is 0.240 e. The number of aliphatic hydroxyl groups is 1. The first kappa shape index (κ1) is 16.9. The van der Waals surface area contributed by atoms with Gasteiger partial charge in [0.1, 0.15) is 5.75 Å². The highest BCUT2D eigenvalue weighted by Gasteiger charge is 2.22. The van der Waals surface area contributed by atoms with Crippen molar-refractivity contribution in [2.75, 3.05) is 20.3 Å². The molecule has 1 aromatic rings. The standard InChI is InChI=1S/C14H23NO4S/c1-14(2,9-4-10-16)11-15-20(17,18)13-7-5-12(19-3)6-8-13/h5-8,15-16H,4,9-11H2,1-3H3. The number of methoxy groups -OCH3 is 1. The summed E-state index contributed by atoms with van der Waals surface area (Å²) in [4.78, 5) is 0.219. The van der Waals surface area contributed by atoms with Crippen LogP contribution in [0.2, 0.25) is 0 Å². The van der Waals surface area contributed by atoms with E-state index in [1.165, 1.54) is 19.2 Å². The number of aliphatic hydroxyl groups excluding tert-OH is 1. The maximum Gasteiger partial charge on any atom is 0.240 e. The van der Waals surface area contributed by atoms with Crippen molar-refractivity contribution < 1.29 is 18.3 Å². The Balaban J connectivity index is 2.69. The first-order chi connectivity index (χ1) is 9.30. The summed E-state index contributed by atoms with van der Waals surface area (Å²) in [6, 6.07) is 6.26. The molecule has 0 aliphatic heterocycles. The molecular weight excluding hydrogens is 278 g/mol. The molecule has 1 rings (SSSR count). The summed E-state index contributed by atoms with van der Waals surface area (Å²) in [5.74, 6) is 0.618. The summed E-state index contributed by atoms with van der Waals surface area (Å²) in [6.07, 6.45) is 1.42. The van der Waals surface area contributed by atoms with Gasteiger partial charge in [-0.15, -0.1) is 0 Å². The fourth-order valence-electron chi connectivity index (χ4n) is 1.77. The Bertz CT molecular complexity index is 508. The number of rotatable bonds is 8. The zero-order valence-corrected chi connectivity index (χ0v) is 13.0. The normalized spacial score (nSPS) is 12.4. The average Bonchev–Trinajstić information content (AvgIpc) is 2.43. The van der Waals surface area contributed by atoms with Gasteiger partial charge in [0, 0.05) is 13.2 Å². The van der Waals surface area contributed by atoms with Gasteiger partial charge in [-0.2, -0.15) is 0 Å². The van der Waals surface area contributed by atoms with E-state index in [0.717, 1.165) is 6.42 Å². The van der Waals surface area contributed by atoms with Crippen LogP contribution in [0.5, 0.6) is 5.75 Å².